The number of halogens is 2. The first-order valence-electron chi connectivity index (χ1n) is 5.95. The molecule has 1 heterocycles. The summed E-state index contributed by atoms with van der Waals surface area (Å²) in [5.41, 5.74) is 8.20. The highest BCUT2D eigenvalue weighted by Gasteiger charge is 2.06. The second-order valence-electron chi connectivity index (χ2n) is 4.37. The third-order valence-corrected chi connectivity index (χ3v) is 3.60. The Kier molecular flexibility index (Phi) is 4.33. The summed E-state index contributed by atoms with van der Waals surface area (Å²) < 4.78 is 2.08. The summed E-state index contributed by atoms with van der Waals surface area (Å²) in [7, 11) is 0. The third-order valence-electron chi connectivity index (χ3n) is 3.01. The SMILES string of the molecule is CCC(N)c1ccn(Cc2ccc(Cl)cc2Cl)c1. The van der Waals surface area contributed by atoms with E-state index in [0.29, 0.717) is 10.0 Å². The fourth-order valence-corrected chi connectivity index (χ4v) is 2.33. The average Bonchev–Trinajstić information content (AvgIpc) is 2.80. The van der Waals surface area contributed by atoms with Crippen LogP contribution in [0, 0.1) is 0 Å². The quantitative estimate of drug-likeness (QED) is 0.893. The summed E-state index contributed by atoms with van der Waals surface area (Å²) in [6.45, 7) is 2.81. The van der Waals surface area contributed by atoms with Gasteiger partial charge in [0.05, 0.1) is 0 Å². The van der Waals surface area contributed by atoms with Crippen molar-refractivity contribution in [1.82, 2.24) is 4.57 Å². The van der Waals surface area contributed by atoms with E-state index in [9.17, 15) is 0 Å². The van der Waals surface area contributed by atoms with Crippen LogP contribution >= 0.6 is 23.2 Å². The van der Waals surface area contributed by atoms with Gasteiger partial charge in [-0.2, -0.15) is 0 Å². The largest absolute Gasteiger partial charge is 0.350 e. The van der Waals surface area contributed by atoms with Crippen molar-refractivity contribution >= 4 is 23.2 Å². The molecule has 0 saturated carbocycles. The summed E-state index contributed by atoms with van der Waals surface area (Å²) >= 11 is 12.0. The van der Waals surface area contributed by atoms with Crippen molar-refractivity contribution < 1.29 is 0 Å². The van der Waals surface area contributed by atoms with Crippen LogP contribution in [0.1, 0.15) is 30.5 Å². The molecule has 0 aliphatic rings. The second kappa shape index (κ2) is 5.79. The molecule has 1 atom stereocenters. The van der Waals surface area contributed by atoms with E-state index in [-0.39, 0.29) is 6.04 Å². The molecule has 18 heavy (non-hydrogen) atoms. The molecular formula is C14H16Cl2N2. The number of rotatable bonds is 4. The molecule has 1 aromatic heterocycles. The predicted octanol–water partition coefficient (Wildman–Crippen LogP) is 4.25. The first kappa shape index (κ1) is 13.5. The minimum absolute atomic E-state index is 0.104. The van der Waals surface area contributed by atoms with Gasteiger partial charge >= 0.3 is 0 Å². The smallest absolute Gasteiger partial charge is 0.0485 e. The van der Waals surface area contributed by atoms with Crippen molar-refractivity contribution in [3.8, 4) is 0 Å². The highest BCUT2D eigenvalue weighted by Crippen LogP contribution is 2.22. The Hall–Kier alpha value is -0.960. The lowest BCUT2D eigenvalue weighted by Gasteiger charge is -2.07. The first-order chi connectivity index (χ1) is 8.60. The molecule has 0 saturated heterocycles. The molecule has 0 aliphatic carbocycles. The van der Waals surface area contributed by atoms with Crippen molar-refractivity contribution in [1.29, 1.82) is 0 Å². The highest BCUT2D eigenvalue weighted by atomic mass is 35.5. The Labute approximate surface area is 117 Å². The lowest BCUT2D eigenvalue weighted by Crippen LogP contribution is -2.07. The number of hydrogen-bond acceptors (Lipinski definition) is 1. The van der Waals surface area contributed by atoms with Gasteiger partial charge in [0, 0.05) is 35.0 Å². The number of nitrogens with zero attached hydrogens (tertiary/aromatic N) is 1. The Balaban J connectivity index is 2.16. The van der Waals surface area contributed by atoms with Crippen LogP contribution in [0.25, 0.3) is 0 Å². The zero-order valence-corrected chi connectivity index (χ0v) is 11.7. The highest BCUT2D eigenvalue weighted by molar-refractivity contribution is 6.35. The molecular weight excluding hydrogens is 267 g/mol. The summed E-state index contributed by atoms with van der Waals surface area (Å²) in [4.78, 5) is 0. The van der Waals surface area contributed by atoms with E-state index in [1.54, 1.807) is 6.07 Å². The van der Waals surface area contributed by atoms with E-state index < -0.39 is 0 Å². The summed E-state index contributed by atoms with van der Waals surface area (Å²) in [6, 6.07) is 7.72. The average molecular weight is 283 g/mol. The second-order valence-corrected chi connectivity index (χ2v) is 5.21. The maximum absolute atomic E-state index is 6.15. The number of aromatic nitrogens is 1. The van der Waals surface area contributed by atoms with Crippen LogP contribution in [0.15, 0.2) is 36.7 Å². The maximum atomic E-state index is 6.15. The maximum Gasteiger partial charge on any atom is 0.0485 e. The summed E-state index contributed by atoms with van der Waals surface area (Å²) in [5, 5.41) is 1.35. The van der Waals surface area contributed by atoms with Crippen LogP contribution in [0.4, 0.5) is 0 Å². The minimum Gasteiger partial charge on any atom is -0.350 e. The van der Waals surface area contributed by atoms with Crippen LogP contribution in [0.5, 0.6) is 0 Å². The molecule has 2 nitrogen and oxygen atoms in total. The number of benzene rings is 1. The van der Waals surface area contributed by atoms with E-state index in [2.05, 4.69) is 23.8 Å². The topological polar surface area (TPSA) is 30.9 Å². The van der Waals surface area contributed by atoms with Gasteiger partial charge in [0.15, 0.2) is 0 Å². The van der Waals surface area contributed by atoms with Crippen LogP contribution in [-0.2, 0) is 6.54 Å². The monoisotopic (exact) mass is 282 g/mol. The van der Waals surface area contributed by atoms with Crippen molar-refractivity contribution in [3.05, 3.63) is 57.8 Å². The molecule has 1 aromatic carbocycles. The molecule has 0 radical (unpaired) electrons. The van der Waals surface area contributed by atoms with Gasteiger partial charge in [-0.15, -0.1) is 0 Å². The Bertz CT molecular complexity index is 534. The number of hydrogen-bond donors (Lipinski definition) is 1. The zero-order valence-electron chi connectivity index (χ0n) is 10.2. The van der Waals surface area contributed by atoms with Gasteiger partial charge in [-0.05, 0) is 35.7 Å². The van der Waals surface area contributed by atoms with Gasteiger partial charge in [-0.25, -0.2) is 0 Å². The van der Waals surface area contributed by atoms with E-state index in [1.165, 1.54) is 0 Å². The van der Waals surface area contributed by atoms with Crippen molar-refractivity contribution in [2.75, 3.05) is 0 Å². The van der Waals surface area contributed by atoms with E-state index in [0.717, 1.165) is 24.1 Å². The Morgan fingerprint density at radius 3 is 2.72 bits per heavy atom. The summed E-state index contributed by atoms with van der Waals surface area (Å²) in [6.07, 6.45) is 5.03. The van der Waals surface area contributed by atoms with Crippen LogP contribution in [-0.4, -0.2) is 4.57 Å². The third kappa shape index (κ3) is 3.08. The van der Waals surface area contributed by atoms with Crippen molar-refractivity contribution in [2.24, 2.45) is 5.73 Å². The van der Waals surface area contributed by atoms with Gasteiger partial charge in [0.25, 0.3) is 0 Å². The predicted molar refractivity (Wildman–Crippen MR) is 77.2 cm³/mol. The number of nitrogens with two attached hydrogens (primary N) is 1. The van der Waals surface area contributed by atoms with Gasteiger partial charge in [-0.1, -0.05) is 36.2 Å². The van der Waals surface area contributed by atoms with Crippen molar-refractivity contribution in [2.45, 2.75) is 25.9 Å². The van der Waals surface area contributed by atoms with Gasteiger partial charge in [-0.3, -0.25) is 0 Å². The Morgan fingerprint density at radius 1 is 1.28 bits per heavy atom. The van der Waals surface area contributed by atoms with Gasteiger partial charge in [0.2, 0.25) is 0 Å². The zero-order chi connectivity index (χ0) is 13.1. The van der Waals surface area contributed by atoms with Crippen LogP contribution in [0.2, 0.25) is 10.0 Å². The molecule has 0 bridgehead atoms. The molecule has 2 N–H and O–H groups in total. The molecule has 96 valence electrons. The lowest BCUT2D eigenvalue weighted by molar-refractivity contribution is 0.693. The molecule has 2 aromatic rings. The van der Waals surface area contributed by atoms with Crippen LogP contribution < -0.4 is 5.73 Å². The minimum atomic E-state index is 0.104. The van der Waals surface area contributed by atoms with Crippen molar-refractivity contribution in [3.63, 3.8) is 0 Å². The van der Waals surface area contributed by atoms with Gasteiger partial charge in [0.1, 0.15) is 0 Å². The molecule has 4 heteroatoms. The first-order valence-corrected chi connectivity index (χ1v) is 6.71. The fourth-order valence-electron chi connectivity index (χ4n) is 1.86. The molecule has 2 rings (SSSR count). The van der Waals surface area contributed by atoms with E-state index >= 15 is 0 Å². The summed E-state index contributed by atoms with van der Waals surface area (Å²) in [5.74, 6) is 0. The fraction of sp³-hybridized carbons (Fsp3) is 0.286. The lowest BCUT2D eigenvalue weighted by atomic mass is 10.1. The molecule has 0 fully saturated rings. The molecule has 1 unspecified atom stereocenters. The van der Waals surface area contributed by atoms with E-state index in [1.807, 2.05) is 18.3 Å². The molecule has 0 spiro atoms. The standard InChI is InChI=1S/C14H16Cl2N2/c1-2-14(17)11-5-6-18(9-11)8-10-3-4-12(15)7-13(10)16/h3-7,9,14H,2,8,17H2,1H3. The van der Waals surface area contributed by atoms with Crippen LogP contribution in [0.3, 0.4) is 0 Å². The normalized spacial score (nSPS) is 12.7. The van der Waals surface area contributed by atoms with E-state index in [4.69, 9.17) is 28.9 Å². The van der Waals surface area contributed by atoms with Gasteiger partial charge < -0.3 is 10.3 Å². The molecule has 0 amide bonds. The Morgan fingerprint density at radius 2 is 2.06 bits per heavy atom. The molecule has 0 aliphatic heterocycles.